The number of hydrogen-bond acceptors (Lipinski definition) is 3. The van der Waals surface area contributed by atoms with Gasteiger partial charge in [0, 0.05) is 28.5 Å². The van der Waals surface area contributed by atoms with Gasteiger partial charge in [0.2, 0.25) is 0 Å². The first-order valence-corrected chi connectivity index (χ1v) is 9.91. The molecule has 4 heteroatoms. The second-order valence-corrected chi connectivity index (χ2v) is 8.29. The normalized spacial score (nSPS) is 11.6. The van der Waals surface area contributed by atoms with Gasteiger partial charge in [-0.1, -0.05) is 57.2 Å². The van der Waals surface area contributed by atoms with E-state index in [4.69, 9.17) is 4.74 Å². The van der Waals surface area contributed by atoms with Crippen LogP contribution in [0.5, 0.6) is 5.75 Å². The van der Waals surface area contributed by atoms with Crippen LogP contribution in [-0.4, -0.2) is 17.9 Å². The third kappa shape index (κ3) is 4.43. The topological polar surface area (TPSA) is 59.2 Å². The second-order valence-electron chi connectivity index (χ2n) is 8.29. The van der Waals surface area contributed by atoms with Crippen molar-refractivity contribution in [3.8, 4) is 16.9 Å². The van der Waals surface area contributed by atoms with E-state index >= 15 is 0 Å². The van der Waals surface area contributed by atoms with Crippen LogP contribution in [-0.2, 0) is 5.41 Å². The average molecular weight is 402 g/mol. The molecule has 1 N–H and O–H groups in total. The SMILES string of the molecule is COc1c(C=Cc2ccccc2C(C)=O)cc(-c2ccc[nH]c2=O)cc1C(C)(C)C. The Morgan fingerprint density at radius 1 is 1.00 bits per heavy atom. The molecule has 0 radical (unpaired) electrons. The van der Waals surface area contributed by atoms with E-state index in [1.807, 2.05) is 60.7 Å². The molecule has 0 amide bonds. The zero-order valence-electron chi connectivity index (χ0n) is 18.1. The van der Waals surface area contributed by atoms with E-state index in [1.165, 1.54) is 0 Å². The Balaban J connectivity index is 2.23. The molecule has 3 rings (SSSR count). The zero-order chi connectivity index (χ0) is 21.9. The maximum absolute atomic E-state index is 12.4. The van der Waals surface area contributed by atoms with Gasteiger partial charge in [0.25, 0.3) is 5.56 Å². The minimum absolute atomic E-state index is 0.0159. The summed E-state index contributed by atoms with van der Waals surface area (Å²) in [7, 11) is 1.65. The Kier molecular flexibility index (Phi) is 6.06. The Labute approximate surface area is 177 Å². The van der Waals surface area contributed by atoms with Crippen LogP contribution >= 0.6 is 0 Å². The fourth-order valence-corrected chi connectivity index (χ4v) is 3.51. The molecule has 3 aromatic rings. The minimum Gasteiger partial charge on any atom is -0.496 e. The van der Waals surface area contributed by atoms with Gasteiger partial charge in [-0.2, -0.15) is 0 Å². The van der Waals surface area contributed by atoms with E-state index < -0.39 is 0 Å². The van der Waals surface area contributed by atoms with E-state index in [0.717, 1.165) is 28.0 Å². The number of ether oxygens (including phenoxy) is 1. The number of aromatic amines is 1. The molecule has 2 aromatic carbocycles. The number of nitrogens with one attached hydrogen (secondary N) is 1. The molecule has 0 aliphatic heterocycles. The van der Waals surface area contributed by atoms with Crippen molar-refractivity contribution in [1.29, 1.82) is 0 Å². The number of aromatic nitrogens is 1. The van der Waals surface area contributed by atoms with Crippen LogP contribution < -0.4 is 10.3 Å². The molecule has 0 aliphatic rings. The summed E-state index contributed by atoms with van der Waals surface area (Å²) in [5, 5.41) is 0. The van der Waals surface area contributed by atoms with E-state index in [1.54, 1.807) is 20.2 Å². The highest BCUT2D eigenvalue weighted by atomic mass is 16.5. The first-order valence-electron chi connectivity index (χ1n) is 9.91. The van der Waals surface area contributed by atoms with Crippen molar-refractivity contribution < 1.29 is 9.53 Å². The monoisotopic (exact) mass is 401 g/mol. The lowest BCUT2D eigenvalue weighted by atomic mass is 9.83. The van der Waals surface area contributed by atoms with Gasteiger partial charge in [-0.3, -0.25) is 9.59 Å². The molecular formula is C26H27NO3. The van der Waals surface area contributed by atoms with E-state index in [0.29, 0.717) is 11.1 Å². The number of Topliss-reactive ketones (excluding diaryl/α,β-unsaturated/α-hetero) is 1. The van der Waals surface area contributed by atoms with Gasteiger partial charge in [-0.15, -0.1) is 0 Å². The molecule has 0 aliphatic carbocycles. The smallest absolute Gasteiger partial charge is 0.255 e. The van der Waals surface area contributed by atoms with Crippen molar-refractivity contribution in [2.75, 3.05) is 7.11 Å². The summed E-state index contributed by atoms with van der Waals surface area (Å²) < 4.78 is 5.79. The Morgan fingerprint density at radius 3 is 2.33 bits per heavy atom. The molecular weight excluding hydrogens is 374 g/mol. The Hall–Kier alpha value is -3.40. The molecule has 1 aromatic heterocycles. The number of benzene rings is 2. The van der Waals surface area contributed by atoms with Gasteiger partial charge in [0.05, 0.1) is 7.11 Å². The summed E-state index contributed by atoms with van der Waals surface area (Å²) in [5.41, 5.74) is 4.45. The van der Waals surface area contributed by atoms with Crippen molar-refractivity contribution in [2.24, 2.45) is 0 Å². The Morgan fingerprint density at radius 2 is 1.70 bits per heavy atom. The molecule has 0 saturated carbocycles. The fraction of sp³-hybridized carbons (Fsp3) is 0.231. The van der Waals surface area contributed by atoms with Gasteiger partial charge in [0.15, 0.2) is 5.78 Å². The molecule has 30 heavy (non-hydrogen) atoms. The lowest BCUT2D eigenvalue weighted by molar-refractivity contribution is 0.101. The number of hydrogen-bond donors (Lipinski definition) is 1. The number of carbonyl (C=O) groups is 1. The summed E-state index contributed by atoms with van der Waals surface area (Å²) in [6.07, 6.45) is 5.48. The number of methoxy groups -OCH3 is 1. The third-order valence-corrected chi connectivity index (χ3v) is 5.04. The van der Waals surface area contributed by atoms with Crippen LogP contribution in [0.25, 0.3) is 23.3 Å². The number of rotatable bonds is 5. The van der Waals surface area contributed by atoms with E-state index in [-0.39, 0.29) is 16.8 Å². The maximum Gasteiger partial charge on any atom is 0.255 e. The number of pyridine rings is 1. The van der Waals surface area contributed by atoms with Crippen molar-refractivity contribution >= 4 is 17.9 Å². The van der Waals surface area contributed by atoms with Crippen LogP contribution in [0.4, 0.5) is 0 Å². The number of ketones is 1. The molecule has 0 fully saturated rings. The van der Waals surface area contributed by atoms with E-state index in [2.05, 4.69) is 25.8 Å². The molecule has 0 unspecified atom stereocenters. The van der Waals surface area contributed by atoms with Crippen molar-refractivity contribution in [2.45, 2.75) is 33.1 Å². The molecule has 0 bridgehead atoms. The number of H-pyrrole nitrogens is 1. The first-order chi connectivity index (χ1) is 14.2. The van der Waals surface area contributed by atoms with Crippen LogP contribution in [0.2, 0.25) is 0 Å². The highest BCUT2D eigenvalue weighted by Gasteiger charge is 2.22. The predicted molar refractivity (Wildman–Crippen MR) is 123 cm³/mol. The average Bonchev–Trinajstić information content (AvgIpc) is 2.71. The predicted octanol–water partition coefficient (Wildman–Crippen LogP) is 5.72. The van der Waals surface area contributed by atoms with Crippen molar-refractivity contribution in [1.82, 2.24) is 4.98 Å². The quantitative estimate of drug-likeness (QED) is 0.439. The van der Waals surface area contributed by atoms with Crippen molar-refractivity contribution in [3.05, 3.63) is 87.3 Å². The summed E-state index contributed by atoms with van der Waals surface area (Å²) in [5.74, 6) is 0.775. The van der Waals surface area contributed by atoms with Gasteiger partial charge in [0.1, 0.15) is 5.75 Å². The van der Waals surface area contributed by atoms with Gasteiger partial charge in [-0.05, 0) is 47.7 Å². The molecule has 0 saturated heterocycles. The molecule has 0 atom stereocenters. The van der Waals surface area contributed by atoms with Crippen LogP contribution in [0, 0.1) is 0 Å². The fourth-order valence-electron chi connectivity index (χ4n) is 3.51. The van der Waals surface area contributed by atoms with E-state index in [9.17, 15) is 9.59 Å². The highest BCUT2D eigenvalue weighted by molar-refractivity contribution is 5.98. The third-order valence-electron chi connectivity index (χ3n) is 5.04. The summed E-state index contributed by atoms with van der Waals surface area (Å²) in [6, 6.07) is 15.1. The zero-order valence-corrected chi connectivity index (χ0v) is 18.1. The van der Waals surface area contributed by atoms with Crippen LogP contribution in [0.1, 0.15) is 54.7 Å². The molecule has 1 heterocycles. The first kappa shape index (κ1) is 21.3. The van der Waals surface area contributed by atoms with Gasteiger partial charge < -0.3 is 9.72 Å². The highest BCUT2D eigenvalue weighted by Crippen LogP contribution is 2.38. The molecule has 0 spiro atoms. The standard InChI is InChI=1S/C26H27NO3/c1-17(28)21-10-7-6-9-18(21)12-13-19-15-20(22-11-8-14-27-25(22)29)16-23(24(19)30-5)26(2,3)4/h6-16H,1-5H3,(H,27,29). The second kappa shape index (κ2) is 8.54. The molecule has 154 valence electrons. The summed E-state index contributed by atoms with van der Waals surface area (Å²) in [6.45, 7) is 7.90. The van der Waals surface area contributed by atoms with Crippen LogP contribution in [0.3, 0.4) is 0 Å². The summed E-state index contributed by atoms with van der Waals surface area (Å²) in [4.78, 5) is 27.1. The largest absolute Gasteiger partial charge is 0.496 e. The molecule has 4 nitrogen and oxygen atoms in total. The lowest BCUT2D eigenvalue weighted by Gasteiger charge is -2.24. The maximum atomic E-state index is 12.4. The minimum atomic E-state index is -0.192. The van der Waals surface area contributed by atoms with Gasteiger partial charge >= 0.3 is 0 Å². The summed E-state index contributed by atoms with van der Waals surface area (Å²) >= 11 is 0. The lowest BCUT2D eigenvalue weighted by Crippen LogP contribution is -2.15. The number of carbonyl (C=O) groups excluding carboxylic acids is 1. The van der Waals surface area contributed by atoms with Crippen LogP contribution in [0.15, 0.2) is 59.5 Å². The van der Waals surface area contributed by atoms with Gasteiger partial charge in [-0.25, -0.2) is 0 Å². The van der Waals surface area contributed by atoms with Crippen molar-refractivity contribution in [3.63, 3.8) is 0 Å². The Bertz CT molecular complexity index is 1160.